The fraction of sp³-hybridized carbons (Fsp3) is 0.583. The van der Waals surface area contributed by atoms with Gasteiger partial charge in [0, 0.05) is 5.92 Å². The smallest absolute Gasteiger partial charge is 0.360 e. The third-order valence-corrected chi connectivity index (χ3v) is 3.51. The standard InChI is InChI=1S/C12H19N3O3S/c1-4-7(5-2)10(16)15-12-14-8(9(13)19-12)11(17)18-6-3/h7H,4-6,13H2,1-3H3,(H,14,15,16). The number of carbonyl (C=O) groups excluding carboxylic acids is 2. The van der Waals surface area contributed by atoms with Crippen molar-refractivity contribution < 1.29 is 14.3 Å². The van der Waals surface area contributed by atoms with Gasteiger partial charge in [-0.1, -0.05) is 25.2 Å². The fourth-order valence-electron chi connectivity index (χ4n) is 1.60. The fourth-order valence-corrected chi connectivity index (χ4v) is 2.32. The van der Waals surface area contributed by atoms with Crippen LogP contribution in [0, 0.1) is 5.92 Å². The van der Waals surface area contributed by atoms with Gasteiger partial charge in [-0.15, -0.1) is 0 Å². The molecule has 0 atom stereocenters. The normalized spacial score (nSPS) is 10.5. The molecule has 1 heterocycles. The van der Waals surface area contributed by atoms with Crippen molar-refractivity contribution in [1.82, 2.24) is 4.98 Å². The molecule has 1 aromatic rings. The number of esters is 1. The number of aromatic nitrogens is 1. The Bertz CT molecular complexity index is 455. The molecule has 0 saturated heterocycles. The summed E-state index contributed by atoms with van der Waals surface area (Å²) in [7, 11) is 0. The molecule has 1 aromatic heterocycles. The average Bonchev–Trinajstić information content (AvgIpc) is 2.72. The Morgan fingerprint density at radius 3 is 2.53 bits per heavy atom. The molecule has 0 aliphatic rings. The van der Waals surface area contributed by atoms with Crippen molar-refractivity contribution in [3.63, 3.8) is 0 Å². The molecule has 0 aromatic carbocycles. The number of amides is 1. The first-order chi connectivity index (χ1) is 9.03. The average molecular weight is 285 g/mol. The summed E-state index contributed by atoms with van der Waals surface area (Å²) in [5.74, 6) is -0.732. The number of nitrogens with two attached hydrogens (primary N) is 1. The summed E-state index contributed by atoms with van der Waals surface area (Å²) in [6.07, 6.45) is 1.52. The molecule has 6 nitrogen and oxygen atoms in total. The second-order valence-electron chi connectivity index (χ2n) is 3.96. The first kappa shape index (κ1) is 15.4. The predicted octanol–water partition coefficient (Wildman–Crippen LogP) is 2.28. The number of hydrogen-bond donors (Lipinski definition) is 2. The molecule has 19 heavy (non-hydrogen) atoms. The molecule has 0 unspecified atom stereocenters. The highest BCUT2D eigenvalue weighted by atomic mass is 32.1. The molecule has 1 amide bonds. The van der Waals surface area contributed by atoms with Gasteiger partial charge in [0.25, 0.3) is 0 Å². The van der Waals surface area contributed by atoms with Gasteiger partial charge in [-0.25, -0.2) is 9.78 Å². The van der Waals surface area contributed by atoms with Crippen LogP contribution in [0.1, 0.15) is 44.1 Å². The third kappa shape index (κ3) is 3.92. The SMILES string of the molecule is CCOC(=O)c1nc(NC(=O)C(CC)CC)sc1N. The highest BCUT2D eigenvalue weighted by Gasteiger charge is 2.20. The van der Waals surface area contributed by atoms with E-state index in [1.807, 2.05) is 13.8 Å². The van der Waals surface area contributed by atoms with Crippen molar-refractivity contribution in [3.8, 4) is 0 Å². The summed E-state index contributed by atoms with van der Waals surface area (Å²) in [6, 6.07) is 0. The van der Waals surface area contributed by atoms with Crippen LogP contribution in [-0.4, -0.2) is 23.5 Å². The van der Waals surface area contributed by atoms with Crippen molar-refractivity contribution in [1.29, 1.82) is 0 Å². The zero-order chi connectivity index (χ0) is 14.4. The Balaban J connectivity index is 2.78. The maximum atomic E-state index is 11.9. The number of nitrogens with one attached hydrogen (secondary N) is 1. The number of anilines is 2. The van der Waals surface area contributed by atoms with E-state index in [9.17, 15) is 9.59 Å². The zero-order valence-corrected chi connectivity index (χ0v) is 12.2. The summed E-state index contributed by atoms with van der Waals surface area (Å²) < 4.78 is 4.83. The minimum Gasteiger partial charge on any atom is -0.461 e. The molecule has 0 spiro atoms. The Hall–Kier alpha value is -1.63. The van der Waals surface area contributed by atoms with Crippen LogP contribution < -0.4 is 11.1 Å². The Morgan fingerprint density at radius 1 is 1.37 bits per heavy atom. The number of ether oxygens (including phenoxy) is 1. The number of rotatable bonds is 6. The van der Waals surface area contributed by atoms with E-state index >= 15 is 0 Å². The van der Waals surface area contributed by atoms with E-state index in [0.29, 0.717) is 5.13 Å². The summed E-state index contributed by atoms with van der Waals surface area (Å²) >= 11 is 1.07. The lowest BCUT2D eigenvalue weighted by Gasteiger charge is -2.10. The third-order valence-electron chi connectivity index (χ3n) is 2.71. The quantitative estimate of drug-likeness (QED) is 0.782. The lowest BCUT2D eigenvalue weighted by molar-refractivity contribution is -0.120. The number of carbonyl (C=O) groups is 2. The number of nitrogen functional groups attached to an aromatic ring is 1. The minimum atomic E-state index is -0.570. The van der Waals surface area contributed by atoms with Gasteiger partial charge in [-0.3, -0.25) is 4.79 Å². The molecule has 0 fully saturated rings. The van der Waals surface area contributed by atoms with Gasteiger partial charge >= 0.3 is 5.97 Å². The Kier molecular flexibility index (Phi) is 5.75. The molecule has 1 rings (SSSR count). The van der Waals surface area contributed by atoms with Crippen LogP contribution in [0.25, 0.3) is 0 Å². The topological polar surface area (TPSA) is 94.3 Å². The molecule has 3 N–H and O–H groups in total. The molecule has 0 saturated carbocycles. The van der Waals surface area contributed by atoms with Gasteiger partial charge in [-0.2, -0.15) is 0 Å². The van der Waals surface area contributed by atoms with Gasteiger partial charge in [-0.05, 0) is 19.8 Å². The molecule has 0 aliphatic heterocycles. The largest absolute Gasteiger partial charge is 0.461 e. The van der Waals surface area contributed by atoms with Crippen molar-refractivity contribution in [3.05, 3.63) is 5.69 Å². The van der Waals surface area contributed by atoms with E-state index in [2.05, 4.69) is 10.3 Å². The van der Waals surface area contributed by atoms with Crippen molar-refractivity contribution in [2.75, 3.05) is 17.7 Å². The number of nitrogens with zero attached hydrogens (tertiary/aromatic N) is 1. The van der Waals surface area contributed by atoms with Crippen molar-refractivity contribution in [2.24, 2.45) is 5.92 Å². The van der Waals surface area contributed by atoms with Crippen LogP contribution in [0.3, 0.4) is 0 Å². The monoisotopic (exact) mass is 285 g/mol. The van der Waals surface area contributed by atoms with E-state index in [-0.39, 0.29) is 29.1 Å². The van der Waals surface area contributed by atoms with Crippen LogP contribution in [0.5, 0.6) is 0 Å². The Morgan fingerprint density at radius 2 is 2.00 bits per heavy atom. The first-order valence-electron chi connectivity index (χ1n) is 6.27. The van der Waals surface area contributed by atoms with Gasteiger partial charge in [0.05, 0.1) is 6.61 Å². The Labute approximate surface area is 116 Å². The predicted molar refractivity (Wildman–Crippen MR) is 75.2 cm³/mol. The van der Waals surface area contributed by atoms with E-state index in [1.165, 1.54) is 0 Å². The minimum absolute atomic E-state index is 0.0591. The van der Waals surface area contributed by atoms with E-state index in [1.54, 1.807) is 6.92 Å². The van der Waals surface area contributed by atoms with E-state index < -0.39 is 5.97 Å². The lowest BCUT2D eigenvalue weighted by atomic mass is 10.0. The summed E-state index contributed by atoms with van der Waals surface area (Å²) in [6.45, 7) is 5.86. The summed E-state index contributed by atoms with van der Waals surface area (Å²) in [4.78, 5) is 27.4. The maximum Gasteiger partial charge on any atom is 0.360 e. The molecular weight excluding hydrogens is 266 g/mol. The molecule has 0 radical (unpaired) electrons. The molecule has 106 valence electrons. The van der Waals surface area contributed by atoms with Gasteiger partial charge in [0.1, 0.15) is 5.00 Å². The summed E-state index contributed by atoms with van der Waals surface area (Å²) in [5.41, 5.74) is 5.76. The van der Waals surface area contributed by atoms with Crippen molar-refractivity contribution >= 4 is 33.3 Å². The van der Waals surface area contributed by atoms with Crippen LogP contribution >= 0.6 is 11.3 Å². The van der Waals surface area contributed by atoms with Gasteiger partial charge in [0.2, 0.25) is 5.91 Å². The zero-order valence-electron chi connectivity index (χ0n) is 11.4. The highest BCUT2D eigenvalue weighted by molar-refractivity contribution is 7.19. The van der Waals surface area contributed by atoms with E-state index in [0.717, 1.165) is 24.2 Å². The van der Waals surface area contributed by atoms with Gasteiger partial charge < -0.3 is 15.8 Å². The first-order valence-corrected chi connectivity index (χ1v) is 7.09. The van der Waals surface area contributed by atoms with Crippen LogP contribution in [0.15, 0.2) is 0 Å². The van der Waals surface area contributed by atoms with Gasteiger partial charge in [0.15, 0.2) is 10.8 Å². The van der Waals surface area contributed by atoms with Crippen LogP contribution in [0.2, 0.25) is 0 Å². The maximum absolute atomic E-state index is 11.9. The lowest BCUT2D eigenvalue weighted by Crippen LogP contribution is -2.21. The molecule has 0 bridgehead atoms. The molecular formula is C12H19N3O3S. The highest BCUT2D eigenvalue weighted by Crippen LogP contribution is 2.26. The molecule has 0 aliphatic carbocycles. The van der Waals surface area contributed by atoms with E-state index in [4.69, 9.17) is 10.5 Å². The van der Waals surface area contributed by atoms with Crippen LogP contribution in [-0.2, 0) is 9.53 Å². The van der Waals surface area contributed by atoms with Crippen molar-refractivity contribution in [2.45, 2.75) is 33.6 Å². The molecule has 7 heteroatoms. The second-order valence-corrected chi connectivity index (χ2v) is 4.99. The summed E-state index contributed by atoms with van der Waals surface area (Å²) in [5, 5.41) is 3.26. The number of hydrogen-bond acceptors (Lipinski definition) is 6. The number of thiazole rings is 1. The van der Waals surface area contributed by atoms with Crippen LogP contribution in [0.4, 0.5) is 10.1 Å². The second kappa shape index (κ2) is 7.08.